The lowest BCUT2D eigenvalue weighted by Crippen LogP contribution is -2.47. The molecule has 1 aliphatic rings. The fraction of sp³-hybridized carbons (Fsp3) is 0.348. The molecule has 0 saturated heterocycles. The highest BCUT2D eigenvalue weighted by Gasteiger charge is 2.26. The number of nitrogens with one attached hydrogen (secondary N) is 3. The molecule has 3 amide bonds. The molecule has 152 valence electrons. The van der Waals surface area contributed by atoms with E-state index in [4.69, 9.17) is 0 Å². The Hall–Kier alpha value is -3.15. The topological polar surface area (TPSA) is 87.3 Å². The molecule has 6 heteroatoms. The number of aryl methyl sites for hydroxylation is 1. The van der Waals surface area contributed by atoms with Gasteiger partial charge in [0.2, 0.25) is 5.91 Å². The van der Waals surface area contributed by atoms with Gasteiger partial charge in [-0.3, -0.25) is 14.4 Å². The van der Waals surface area contributed by atoms with E-state index in [0.717, 1.165) is 18.4 Å². The van der Waals surface area contributed by atoms with Gasteiger partial charge in [-0.15, -0.1) is 0 Å². The molecule has 0 spiro atoms. The van der Waals surface area contributed by atoms with Gasteiger partial charge in [0, 0.05) is 22.9 Å². The van der Waals surface area contributed by atoms with Crippen molar-refractivity contribution in [1.29, 1.82) is 0 Å². The van der Waals surface area contributed by atoms with E-state index in [1.54, 1.807) is 36.4 Å². The normalized spacial score (nSPS) is 14.2. The van der Waals surface area contributed by atoms with Crippen molar-refractivity contribution in [3.63, 3.8) is 0 Å². The number of hydrogen-bond donors (Lipinski definition) is 3. The van der Waals surface area contributed by atoms with Crippen LogP contribution in [0, 0.1) is 12.8 Å². The first-order chi connectivity index (χ1) is 13.8. The Morgan fingerprint density at radius 1 is 0.931 bits per heavy atom. The number of carbonyl (C=O) groups excluding carboxylic acids is 3. The Kier molecular flexibility index (Phi) is 6.32. The van der Waals surface area contributed by atoms with Crippen molar-refractivity contribution in [2.45, 2.75) is 45.7 Å². The molecule has 0 radical (unpaired) electrons. The number of anilines is 1. The Balaban J connectivity index is 1.68. The molecule has 1 saturated carbocycles. The zero-order valence-electron chi connectivity index (χ0n) is 17.0. The van der Waals surface area contributed by atoms with Gasteiger partial charge in [0.15, 0.2) is 0 Å². The Labute approximate surface area is 171 Å². The van der Waals surface area contributed by atoms with Gasteiger partial charge in [-0.1, -0.05) is 37.6 Å². The Morgan fingerprint density at radius 2 is 1.59 bits per heavy atom. The van der Waals surface area contributed by atoms with Crippen LogP contribution in [0.25, 0.3) is 0 Å². The van der Waals surface area contributed by atoms with Crippen LogP contribution in [0.3, 0.4) is 0 Å². The Morgan fingerprint density at radius 3 is 2.21 bits per heavy atom. The second kappa shape index (κ2) is 8.90. The van der Waals surface area contributed by atoms with E-state index in [1.165, 1.54) is 0 Å². The number of hydrogen-bond acceptors (Lipinski definition) is 3. The number of carbonyl (C=O) groups is 3. The van der Waals surface area contributed by atoms with Crippen molar-refractivity contribution < 1.29 is 14.4 Å². The van der Waals surface area contributed by atoms with Crippen LogP contribution in [-0.2, 0) is 4.79 Å². The molecule has 0 heterocycles. The Bertz CT molecular complexity index is 919. The molecule has 0 unspecified atom stereocenters. The summed E-state index contributed by atoms with van der Waals surface area (Å²) in [6.45, 7) is 5.66. The molecule has 2 aromatic rings. The number of amides is 3. The van der Waals surface area contributed by atoms with Gasteiger partial charge < -0.3 is 16.0 Å². The lowest BCUT2D eigenvalue weighted by Gasteiger charge is -2.22. The average molecular weight is 393 g/mol. The quantitative estimate of drug-likeness (QED) is 0.675. The predicted octanol–water partition coefficient (Wildman–Crippen LogP) is 3.28. The largest absolute Gasteiger partial charge is 0.349 e. The first-order valence-electron chi connectivity index (χ1n) is 9.93. The summed E-state index contributed by atoms with van der Waals surface area (Å²) in [7, 11) is 0. The van der Waals surface area contributed by atoms with Crippen LogP contribution in [0.2, 0.25) is 0 Å². The van der Waals surface area contributed by atoms with Crippen molar-refractivity contribution >= 4 is 23.4 Å². The highest BCUT2D eigenvalue weighted by atomic mass is 16.2. The van der Waals surface area contributed by atoms with Gasteiger partial charge in [0.05, 0.1) is 0 Å². The first-order valence-corrected chi connectivity index (χ1v) is 9.93. The predicted molar refractivity (Wildman–Crippen MR) is 113 cm³/mol. The van der Waals surface area contributed by atoms with Crippen molar-refractivity contribution in [3.8, 4) is 0 Å². The molecule has 3 N–H and O–H groups in total. The lowest BCUT2D eigenvalue weighted by atomic mass is 10.0. The lowest BCUT2D eigenvalue weighted by molar-refractivity contribution is -0.118. The summed E-state index contributed by atoms with van der Waals surface area (Å²) in [5.74, 6) is -0.859. The third kappa shape index (κ3) is 5.67. The summed E-state index contributed by atoms with van der Waals surface area (Å²) in [6.07, 6.45) is 2.03. The van der Waals surface area contributed by atoms with Crippen molar-refractivity contribution in [1.82, 2.24) is 10.6 Å². The third-order valence-corrected chi connectivity index (χ3v) is 4.82. The molecule has 3 rings (SSSR count). The van der Waals surface area contributed by atoms with E-state index in [2.05, 4.69) is 16.0 Å². The molecule has 1 fully saturated rings. The van der Waals surface area contributed by atoms with Gasteiger partial charge in [0.1, 0.15) is 6.04 Å². The van der Waals surface area contributed by atoms with Crippen LogP contribution in [0.1, 0.15) is 53.0 Å². The monoisotopic (exact) mass is 393 g/mol. The molecule has 1 aliphatic carbocycles. The molecule has 0 bridgehead atoms. The highest BCUT2D eigenvalue weighted by Crippen LogP contribution is 2.20. The summed E-state index contributed by atoms with van der Waals surface area (Å²) < 4.78 is 0. The van der Waals surface area contributed by atoms with E-state index >= 15 is 0 Å². The second-order valence-electron chi connectivity index (χ2n) is 7.88. The number of benzene rings is 2. The zero-order valence-corrected chi connectivity index (χ0v) is 17.0. The SMILES string of the molecule is Cc1cccc(C(=O)N[C@@H](C(=O)Nc2cccc(C(=O)NC3CC3)c2)C(C)C)c1. The fourth-order valence-corrected chi connectivity index (χ4v) is 3.00. The van der Waals surface area contributed by atoms with E-state index in [-0.39, 0.29) is 29.7 Å². The maximum atomic E-state index is 12.8. The summed E-state index contributed by atoms with van der Waals surface area (Å²) in [4.78, 5) is 37.6. The average Bonchev–Trinajstić information content (AvgIpc) is 3.49. The summed E-state index contributed by atoms with van der Waals surface area (Å²) in [5.41, 5.74) is 2.51. The fourth-order valence-electron chi connectivity index (χ4n) is 3.00. The van der Waals surface area contributed by atoms with E-state index in [0.29, 0.717) is 16.8 Å². The van der Waals surface area contributed by atoms with Crippen molar-refractivity contribution in [3.05, 3.63) is 65.2 Å². The number of rotatable bonds is 7. The van der Waals surface area contributed by atoms with Gasteiger partial charge in [-0.2, -0.15) is 0 Å². The third-order valence-electron chi connectivity index (χ3n) is 4.82. The van der Waals surface area contributed by atoms with Crippen LogP contribution in [-0.4, -0.2) is 29.8 Å². The van der Waals surface area contributed by atoms with Crippen LogP contribution in [0.5, 0.6) is 0 Å². The zero-order chi connectivity index (χ0) is 21.0. The van der Waals surface area contributed by atoms with Crippen LogP contribution >= 0.6 is 0 Å². The minimum absolute atomic E-state index is 0.106. The van der Waals surface area contributed by atoms with Crippen LogP contribution < -0.4 is 16.0 Å². The highest BCUT2D eigenvalue weighted by molar-refractivity contribution is 6.02. The van der Waals surface area contributed by atoms with Gasteiger partial charge in [-0.25, -0.2) is 0 Å². The van der Waals surface area contributed by atoms with E-state index < -0.39 is 6.04 Å². The molecule has 6 nitrogen and oxygen atoms in total. The molecular formula is C23H27N3O3. The molecule has 2 aromatic carbocycles. The van der Waals surface area contributed by atoms with E-state index in [1.807, 2.05) is 32.9 Å². The van der Waals surface area contributed by atoms with Gasteiger partial charge in [-0.05, 0) is 56.0 Å². The first kappa shape index (κ1) is 20.6. The minimum Gasteiger partial charge on any atom is -0.349 e. The molecule has 29 heavy (non-hydrogen) atoms. The molecule has 1 atom stereocenters. The van der Waals surface area contributed by atoms with E-state index in [9.17, 15) is 14.4 Å². The van der Waals surface area contributed by atoms with Crippen LogP contribution in [0.15, 0.2) is 48.5 Å². The molecule has 0 aromatic heterocycles. The second-order valence-corrected chi connectivity index (χ2v) is 7.88. The maximum absolute atomic E-state index is 12.8. The van der Waals surface area contributed by atoms with Gasteiger partial charge in [0.25, 0.3) is 11.8 Å². The maximum Gasteiger partial charge on any atom is 0.251 e. The summed E-state index contributed by atoms with van der Waals surface area (Å²) in [6, 6.07) is 13.6. The van der Waals surface area contributed by atoms with Crippen LogP contribution in [0.4, 0.5) is 5.69 Å². The van der Waals surface area contributed by atoms with Crippen molar-refractivity contribution in [2.24, 2.45) is 5.92 Å². The molecular weight excluding hydrogens is 366 g/mol. The standard InChI is InChI=1S/C23H27N3O3/c1-14(2)20(26-22(28)16-7-4-6-15(3)12-16)23(29)25-19-9-5-8-17(13-19)21(27)24-18-10-11-18/h4-9,12-14,18,20H,10-11H2,1-3H3,(H,24,27)(H,25,29)(H,26,28)/t20-/m1/s1. The van der Waals surface area contributed by atoms with Crippen molar-refractivity contribution in [2.75, 3.05) is 5.32 Å². The minimum atomic E-state index is -0.702. The molecule has 0 aliphatic heterocycles. The smallest absolute Gasteiger partial charge is 0.251 e. The van der Waals surface area contributed by atoms with Gasteiger partial charge >= 0.3 is 0 Å². The summed E-state index contributed by atoms with van der Waals surface area (Å²) in [5, 5.41) is 8.58. The summed E-state index contributed by atoms with van der Waals surface area (Å²) >= 11 is 0.